The zero-order valence-corrected chi connectivity index (χ0v) is 19.4. The zero-order valence-electron chi connectivity index (χ0n) is 17.0. The van der Waals surface area contributed by atoms with Gasteiger partial charge in [0, 0.05) is 16.3 Å². The Hall–Kier alpha value is -2.68. The molecule has 0 saturated heterocycles. The molecule has 0 aliphatic carbocycles. The molecule has 2 amide bonds. The minimum absolute atomic E-state index is 0.271. The average molecular weight is 489 g/mol. The first kappa shape index (κ1) is 22.5. The molecule has 0 fully saturated rings. The Morgan fingerprint density at radius 2 is 1.75 bits per heavy atom. The Morgan fingerprint density at radius 3 is 2.47 bits per heavy atom. The average Bonchev–Trinajstić information content (AvgIpc) is 3.16. The fraction of sp³-hybridized carbons (Fsp3) is 0.217. The van der Waals surface area contributed by atoms with E-state index in [-0.39, 0.29) is 11.7 Å². The first-order chi connectivity index (χ1) is 15.3. The molecule has 0 radical (unpaired) electrons. The molecule has 166 valence electrons. The molecule has 4 rings (SSSR count). The van der Waals surface area contributed by atoms with Crippen LogP contribution in [0.2, 0.25) is 4.34 Å². The van der Waals surface area contributed by atoms with Crippen LogP contribution in [-0.2, 0) is 31.6 Å². The largest absolute Gasteiger partial charge is 0.324 e. The van der Waals surface area contributed by atoms with E-state index in [9.17, 15) is 18.0 Å². The number of nitrogens with zero attached hydrogens (tertiary/aromatic N) is 1. The van der Waals surface area contributed by atoms with Gasteiger partial charge in [0.2, 0.25) is 11.8 Å². The van der Waals surface area contributed by atoms with Crippen molar-refractivity contribution in [1.82, 2.24) is 0 Å². The number of aryl methyl sites for hydroxylation is 1. The lowest BCUT2D eigenvalue weighted by Crippen LogP contribution is -2.52. The van der Waals surface area contributed by atoms with Crippen molar-refractivity contribution >= 4 is 56.0 Å². The van der Waals surface area contributed by atoms with Crippen molar-refractivity contribution in [2.24, 2.45) is 0 Å². The molecule has 1 unspecified atom stereocenters. The van der Waals surface area contributed by atoms with E-state index in [1.165, 1.54) is 16.2 Å². The Kier molecular flexibility index (Phi) is 6.64. The number of amides is 2. The Balaban J connectivity index is 1.59. The minimum atomic E-state index is -3.75. The van der Waals surface area contributed by atoms with E-state index in [0.29, 0.717) is 33.4 Å². The second-order valence-electron chi connectivity index (χ2n) is 7.54. The van der Waals surface area contributed by atoms with E-state index in [2.05, 4.69) is 5.32 Å². The van der Waals surface area contributed by atoms with E-state index < -0.39 is 27.5 Å². The number of sulfone groups is 1. The highest BCUT2D eigenvalue weighted by atomic mass is 35.5. The quantitative estimate of drug-likeness (QED) is 0.560. The third-order valence-corrected chi connectivity index (χ3v) is 8.05. The molecule has 6 nitrogen and oxygen atoms in total. The van der Waals surface area contributed by atoms with Crippen molar-refractivity contribution in [3.63, 3.8) is 0 Å². The number of para-hydroxylation sites is 2. The number of thiophene rings is 1. The van der Waals surface area contributed by atoms with Crippen molar-refractivity contribution in [2.45, 2.75) is 24.6 Å². The summed E-state index contributed by atoms with van der Waals surface area (Å²) < 4.78 is 26.0. The molecule has 0 bridgehead atoms. The van der Waals surface area contributed by atoms with E-state index in [1.807, 2.05) is 18.2 Å². The van der Waals surface area contributed by atoms with Gasteiger partial charge in [-0.3, -0.25) is 14.5 Å². The van der Waals surface area contributed by atoms with Crippen LogP contribution in [0, 0.1) is 0 Å². The van der Waals surface area contributed by atoms with E-state index in [1.54, 1.807) is 48.5 Å². The summed E-state index contributed by atoms with van der Waals surface area (Å²) in [6.07, 6.45) is 1.02. The van der Waals surface area contributed by atoms with Crippen LogP contribution in [0.25, 0.3) is 0 Å². The number of halogens is 1. The molecular formula is C23H21ClN2O4S2. The lowest BCUT2D eigenvalue weighted by atomic mass is 9.95. The van der Waals surface area contributed by atoms with Gasteiger partial charge in [0.15, 0.2) is 9.84 Å². The maximum atomic E-state index is 13.3. The monoisotopic (exact) mass is 488 g/mol. The molecular weight excluding hydrogens is 468 g/mol. The Bertz CT molecular complexity index is 1240. The van der Waals surface area contributed by atoms with Crippen molar-refractivity contribution < 1.29 is 18.0 Å². The summed E-state index contributed by atoms with van der Waals surface area (Å²) in [5, 5.41) is 2.84. The minimum Gasteiger partial charge on any atom is -0.324 e. The molecule has 2 aromatic carbocycles. The van der Waals surface area contributed by atoms with Crippen molar-refractivity contribution in [1.29, 1.82) is 0 Å². The summed E-state index contributed by atoms with van der Waals surface area (Å²) in [5.74, 6) is -1.92. The normalized spacial score (nSPS) is 15.8. The van der Waals surface area contributed by atoms with Crippen LogP contribution in [0.4, 0.5) is 11.4 Å². The number of nitrogens with one attached hydrogen (secondary N) is 1. The first-order valence-electron chi connectivity index (χ1n) is 10.0. The third kappa shape index (κ3) is 5.20. The van der Waals surface area contributed by atoms with Gasteiger partial charge in [0.25, 0.3) is 0 Å². The predicted octanol–water partition coefficient (Wildman–Crippen LogP) is 4.30. The number of benzene rings is 2. The third-order valence-electron chi connectivity index (χ3n) is 5.20. The van der Waals surface area contributed by atoms with Gasteiger partial charge in [0.05, 0.1) is 10.1 Å². The molecule has 2 heterocycles. The summed E-state index contributed by atoms with van der Waals surface area (Å²) in [6, 6.07) is 18.7. The number of carbonyl (C=O) groups is 2. The molecule has 3 aromatic rings. The van der Waals surface area contributed by atoms with Crippen molar-refractivity contribution in [2.75, 3.05) is 16.0 Å². The van der Waals surface area contributed by atoms with Crippen LogP contribution < -0.4 is 10.2 Å². The molecule has 9 heteroatoms. The highest BCUT2D eigenvalue weighted by Crippen LogP contribution is 2.32. The molecule has 0 spiro atoms. The number of hydrogen-bond donors (Lipinski definition) is 1. The highest BCUT2D eigenvalue weighted by Gasteiger charge is 2.37. The summed E-state index contributed by atoms with van der Waals surface area (Å²) in [6.45, 7) is 0. The first-order valence-corrected chi connectivity index (χ1v) is 13.0. The molecule has 0 saturated carbocycles. The molecule has 1 N–H and O–H groups in total. The van der Waals surface area contributed by atoms with Gasteiger partial charge in [-0.2, -0.15) is 0 Å². The van der Waals surface area contributed by atoms with Crippen LogP contribution in [0.5, 0.6) is 0 Å². The lowest BCUT2D eigenvalue weighted by Gasteiger charge is -2.36. The van der Waals surface area contributed by atoms with Gasteiger partial charge in [-0.1, -0.05) is 48.0 Å². The Labute approximate surface area is 195 Å². The molecule has 32 heavy (non-hydrogen) atoms. The standard InChI is InChI=1S/C23H21ClN2O4S2/c24-21-13-11-18(31-21)14-32(29,30)15-22(27)26-19-9-5-4-6-16(19)10-12-20(26)23(28)25-17-7-2-1-3-8-17/h1-9,11,13,20H,10,12,14-15H2,(H,25,28). The number of hydrogen-bond acceptors (Lipinski definition) is 5. The highest BCUT2D eigenvalue weighted by molar-refractivity contribution is 7.91. The summed E-state index contributed by atoms with van der Waals surface area (Å²) in [7, 11) is -3.75. The van der Waals surface area contributed by atoms with Crippen LogP contribution >= 0.6 is 22.9 Å². The predicted molar refractivity (Wildman–Crippen MR) is 128 cm³/mol. The van der Waals surface area contributed by atoms with Crippen LogP contribution in [0.15, 0.2) is 66.7 Å². The number of rotatable bonds is 6. The van der Waals surface area contributed by atoms with Crippen LogP contribution in [-0.4, -0.2) is 32.0 Å². The number of fused-ring (bicyclic) bond motifs is 1. The molecule has 1 aromatic heterocycles. The SMILES string of the molecule is O=C(Nc1ccccc1)C1CCc2ccccc2N1C(=O)CS(=O)(=O)Cc1ccc(Cl)s1. The number of anilines is 2. The van der Waals surface area contributed by atoms with E-state index >= 15 is 0 Å². The Morgan fingerprint density at radius 1 is 1.03 bits per heavy atom. The van der Waals surface area contributed by atoms with Crippen molar-refractivity contribution in [3.05, 3.63) is 81.5 Å². The van der Waals surface area contributed by atoms with Gasteiger partial charge >= 0.3 is 0 Å². The lowest BCUT2D eigenvalue weighted by molar-refractivity contribution is -0.122. The van der Waals surface area contributed by atoms with E-state index in [4.69, 9.17) is 11.6 Å². The van der Waals surface area contributed by atoms with Gasteiger partial charge in [0.1, 0.15) is 11.8 Å². The van der Waals surface area contributed by atoms with Crippen molar-refractivity contribution in [3.8, 4) is 0 Å². The second kappa shape index (κ2) is 9.44. The summed E-state index contributed by atoms with van der Waals surface area (Å²) in [5.41, 5.74) is 2.10. The fourth-order valence-electron chi connectivity index (χ4n) is 3.80. The number of carbonyl (C=O) groups excluding carboxylic acids is 2. The van der Waals surface area contributed by atoms with Gasteiger partial charge in [-0.25, -0.2) is 8.42 Å². The fourth-order valence-corrected chi connectivity index (χ4v) is 6.61. The molecule has 1 aliphatic rings. The zero-order chi connectivity index (χ0) is 22.7. The smallest absolute Gasteiger partial charge is 0.247 e. The second-order valence-corrected chi connectivity index (χ2v) is 11.4. The molecule has 1 atom stereocenters. The van der Waals surface area contributed by atoms with Gasteiger partial charge in [-0.15, -0.1) is 11.3 Å². The maximum Gasteiger partial charge on any atom is 0.247 e. The maximum absolute atomic E-state index is 13.3. The van der Waals surface area contributed by atoms with Gasteiger partial charge < -0.3 is 5.32 Å². The summed E-state index contributed by atoms with van der Waals surface area (Å²) >= 11 is 7.07. The van der Waals surface area contributed by atoms with Crippen LogP contribution in [0.1, 0.15) is 16.9 Å². The topological polar surface area (TPSA) is 83.6 Å². The summed E-state index contributed by atoms with van der Waals surface area (Å²) in [4.78, 5) is 28.3. The van der Waals surface area contributed by atoms with E-state index in [0.717, 1.165) is 5.56 Å². The van der Waals surface area contributed by atoms with Gasteiger partial charge in [-0.05, 0) is 48.7 Å². The molecule has 1 aliphatic heterocycles. The van der Waals surface area contributed by atoms with Crippen LogP contribution in [0.3, 0.4) is 0 Å².